The van der Waals surface area contributed by atoms with Crippen LogP contribution in [0.1, 0.15) is 61.6 Å². The lowest BCUT2D eigenvalue weighted by molar-refractivity contribution is 0.140. The van der Waals surface area contributed by atoms with Gasteiger partial charge in [0.25, 0.3) is 0 Å². The number of rotatable bonds is 6. The fourth-order valence-electron chi connectivity index (χ4n) is 4.48. The number of aryl methyl sites for hydroxylation is 1. The number of halogens is 1. The van der Waals surface area contributed by atoms with Gasteiger partial charge in [0.2, 0.25) is 0 Å². The van der Waals surface area contributed by atoms with Gasteiger partial charge >= 0.3 is 0 Å². The number of piperidine rings is 1. The minimum absolute atomic E-state index is 0. The normalized spacial score (nSPS) is 19.2. The van der Waals surface area contributed by atoms with Crippen LogP contribution in [0, 0.1) is 5.92 Å². The van der Waals surface area contributed by atoms with Crippen LogP contribution < -0.4 is 10.6 Å². The highest BCUT2D eigenvalue weighted by molar-refractivity contribution is 14.0. The monoisotopic (exact) mass is 557 g/mol. The summed E-state index contributed by atoms with van der Waals surface area (Å²) in [6, 6.07) is 4.81. The number of aliphatic imine (C=N–C) groups is 1. The van der Waals surface area contributed by atoms with E-state index < -0.39 is 0 Å². The maximum absolute atomic E-state index is 4.45. The molecule has 0 bridgehead atoms. The van der Waals surface area contributed by atoms with Crippen molar-refractivity contribution in [2.45, 2.75) is 64.6 Å². The maximum atomic E-state index is 4.45. The van der Waals surface area contributed by atoms with Gasteiger partial charge in [-0.05, 0) is 56.1 Å². The molecule has 1 saturated heterocycles. The summed E-state index contributed by atoms with van der Waals surface area (Å²) in [5.41, 5.74) is 0. The Kier molecular flexibility index (Phi) is 9.58. The molecule has 0 amide bonds. The summed E-state index contributed by atoms with van der Waals surface area (Å²) in [5, 5.41) is 18.0. The van der Waals surface area contributed by atoms with E-state index >= 15 is 0 Å². The summed E-state index contributed by atoms with van der Waals surface area (Å²) in [4.78, 5) is 8.51. The van der Waals surface area contributed by atoms with E-state index in [1.54, 1.807) is 0 Å². The average Bonchev–Trinajstić information content (AvgIpc) is 3.37. The molecule has 4 rings (SSSR count). The van der Waals surface area contributed by atoms with Crippen molar-refractivity contribution in [2.75, 3.05) is 26.7 Å². The lowest BCUT2D eigenvalue weighted by Gasteiger charge is -2.36. The molecule has 1 unspecified atom stereocenters. The first-order valence-electron chi connectivity index (χ1n) is 11.4. The Hall–Kier alpha value is -1.20. The number of thiophene rings is 1. The molecule has 2 aromatic rings. The second-order valence-electron chi connectivity index (χ2n) is 8.55. The van der Waals surface area contributed by atoms with Crippen LogP contribution in [0.2, 0.25) is 0 Å². The van der Waals surface area contributed by atoms with Gasteiger partial charge in [0, 0.05) is 31.4 Å². The van der Waals surface area contributed by atoms with Crippen molar-refractivity contribution in [3.63, 3.8) is 0 Å². The summed E-state index contributed by atoms with van der Waals surface area (Å²) >= 11 is 1.85. The third kappa shape index (κ3) is 6.41. The molecular formula is C22H36IN7S. The average molecular weight is 558 g/mol. The van der Waals surface area contributed by atoms with Crippen molar-refractivity contribution in [3.05, 3.63) is 34.0 Å². The second kappa shape index (κ2) is 12.2. The van der Waals surface area contributed by atoms with Crippen LogP contribution in [0.5, 0.6) is 0 Å². The van der Waals surface area contributed by atoms with Gasteiger partial charge in [-0.3, -0.25) is 9.89 Å². The minimum Gasteiger partial charge on any atom is -0.354 e. The molecule has 0 aromatic carbocycles. The smallest absolute Gasteiger partial charge is 0.191 e. The van der Waals surface area contributed by atoms with E-state index in [-0.39, 0.29) is 24.0 Å². The number of nitrogens with zero attached hydrogens (tertiary/aromatic N) is 5. The molecule has 7 nitrogen and oxygen atoms in total. The standard InChI is InChI=1S/C22H35N7S.HI/c1-17-9-12-28(13-10-17)18(19-7-6-14-30-19)15-24-22(23-2)25-16-21-27-26-20-8-4-3-5-11-29(20)21;/h6-7,14,17-18H,3-5,8-13,15-16H2,1-2H3,(H2,23,24,25);1H. The van der Waals surface area contributed by atoms with E-state index in [0.29, 0.717) is 12.6 Å². The molecule has 1 fully saturated rings. The minimum atomic E-state index is 0. The summed E-state index contributed by atoms with van der Waals surface area (Å²) < 4.78 is 2.29. The molecular weight excluding hydrogens is 521 g/mol. The molecule has 4 heterocycles. The molecule has 0 aliphatic carbocycles. The Balaban J connectivity index is 0.00000272. The lowest BCUT2D eigenvalue weighted by atomic mass is 9.97. The van der Waals surface area contributed by atoms with Crippen molar-refractivity contribution in [2.24, 2.45) is 10.9 Å². The fraction of sp³-hybridized carbons (Fsp3) is 0.682. The van der Waals surface area contributed by atoms with Crippen molar-refractivity contribution in [1.82, 2.24) is 30.3 Å². The molecule has 0 saturated carbocycles. The first-order chi connectivity index (χ1) is 14.7. The van der Waals surface area contributed by atoms with E-state index in [4.69, 9.17) is 0 Å². The van der Waals surface area contributed by atoms with Gasteiger partial charge in [-0.2, -0.15) is 0 Å². The van der Waals surface area contributed by atoms with Crippen molar-refractivity contribution >= 4 is 41.3 Å². The van der Waals surface area contributed by atoms with Crippen LogP contribution in [-0.4, -0.2) is 52.3 Å². The fourth-order valence-corrected chi connectivity index (χ4v) is 5.34. The molecule has 9 heteroatoms. The van der Waals surface area contributed by atoms with Crippen LogP contribution in [0.4, 0.5) is 0 Å². The largest absolute Gasteiger partial charge is 0.354 e. The molecule has 31 heavy (non-hydrogen) atoms. The number of hydrogen-bond acceptors (Lipinski definition) is 5. The number of likely N-dealkylation sites (tertiary alicyclic amines) is 1. The number of hydrogen-bond donors (Lipinski definition) is 2. The molecule has 2 aliphatic rings. The molecule has 1 atom stereocenters. The SMILES string of the molecule is CN=C(NCc1nnc2n1CCCCC2)NCC(c1cccs1)N1CCC(C)CC1.I. The summed E-state index contributed by atoms with van der Waals surface area (Å²) in [7, 11) is 1.84. The Bertz CT molecular complexity index is 812. The van der Waals surface area contributed by atoms with Gasteiger partial charge in [-0.1, -0.05) is 19.4 Å². The van der Waals surface area contributed by atoms with Crippen molar-refractivity contribution in [3.8, 4) is 0 Å². The summed E-state index contributed by atoms with van der Waals surface area (Å²) in [5.74, 6) is 3.80. The number of nitrogens with one attached hydrogen (secondary N) is 2. The zero-order valence-corrected chi connectivity index (χ0v) is 21.9. The van der Waals surface area contributed by atoms with Gasteiger partial charge < -0.3 is 15.2 Å². The first kappa shape index (κ1) is 24.4. The van der Waals surface area contributed by atoms with E-state index in [9.17, 15) is 0 Å². The topological polar surface area (TPSA) is 70.4 Å². The Morgan fingerprint density at radius 3 is 2.77 bits per heavy atom. The van der Waals surface area contributed by atoms with E-state index in [1.807, 2.05) is 18.4 Å². The first-order valence-corrected chi connectivity index (χ1v) is 12.3. The highest BCUT2D eigenvalue weighted by atomic mass is 127. The predicted molar refractivity (Wildman–Crippen MR) is 138 cm³/mol. The summed E-state index contributed by atoms with van der Waals surface area (Å²) in [6.07, 6.45) is 7.31. The Morgan fingerprint density at radius 1 is 1.19 bits per heavy atom. The van der Waals surface area contributed by atoms with Crippen molar-refractivity contribution in [1.29, 1.82) is 0 Å². The number of guanidine groups is 1. The summed E-state index contributed by atoms with van der Waals surface area (Å²) in [6.45, 7) is 7.24. The highest BCUT2D eigenvalue weighted by Crippen LogP contribution is 2.29. The third-order valence-electron chi connectivity index (χ3n) is 6.42. The van der Waals surface area contributed by atoms with Crippen LogP contribution >= 0.6 is 35.3 Å². The zero-order chi connectivity index (χ0) is 20.8. The second-order valence-corrected chi connectivity index (χ2v) is 9.53. The van der Waals surface area contributed by atoms with Gasteiger partial charge in [0.15, 0.2) is 11.8 Å². The Morgan fingerprint density at radius 2 is 2.03 bits per heavy atom. The molecule has 2 N–H and O–H groups in total. The quantitative estimate of drug-likeness (QED) is 0.321. The van der Waals surface area contributed by atoms with E-state index in [2.05, 4.69) is 59.7 Å². The van der Waals surface area contributed by atoms with Crippen LogP contribution in [-0.2, 0) is 19.5 Å². The van der Waals surface area contributed by atoms with Crippen LogP contribution in [0.15, 0.2) is 22.5 Å². The molecule has 0 spiro atoms. The molecule has 172 valence electrons. The Labute approximate surface area is 207 Å². The van der Waals surface area contributed by atoms with Crippen LogP contribution in [0.25, 0.3) is 0 Å². The highest BCUT2D eigenvalue weighted by Gasteiger charge is 2.25. The number of fused-ring (bicyclic) bond motifs is 1. The zero-order valence-electron chi connectivity index (χ0n) is 18.7. The molecule has 0 radical (unpaired) electrons. The van der Waals surface area contributed by atoms with Gasteiger partial charge in [-0.15, -0.1) is 45.5 Å². The van der Waals surface area contributed by atoms with Crippen LogP contribution in [0.3, 0.4) is 0 Å². The predicted octanol–water partition coefficient (Wildman–Crippen LogP) is 3.82. The third-order valence-corrected chi connectivity index (χ3v) is 7.39. The molecule has 2 aromatic heterocycles. The van der Waals surface area contributed by atoms with Crippen molar-refractivity contribution < 1.29 is 0 Å². The number of aromatic nitrogens is 3. The van der Waals surface area contributed by atoms with Gasteiger partial charge in [0.05, 0.1) is 12.6 Å². The molecule has 2 aliphatic heterocycles. The maximum Gasteiger partial charge on any atom is 0.191 e. The van der Waals surface area contributed by atoms with Gasteiger partial charge in [-0.25, -0.2) is 0 Å². The van der Waals surface area contributed by atoms with E-state index in [1.165, 1.54) is 50.1 Å². The lowest BCUT2D eigenvalue weighted by Crippen LogP contribution is -2.45. The van der Waals surface area contributed by atoms with Gasteiger partial charge in [0.1, 0.15) is 5.82 Å². The van der Waals surface area contributed by atoms with E-state index in [0.717, 1.165) is 43.0 Å².